The molecule has 0 amide bonds. The summed E-state index contributed by atoms with van der Waals surface area (Å²) < 4.78 is 0. The summed E-state index contributed by atoms with van der Waals surface area (Å²) in [4.78, 5) is 0. The zero-order valence-electron chi connectivity index (χ0n) is 1.79. The zero-order chi connectivity index (χ0) is 0. The molecule has 0 saturated carbocycles. The monoisotopic (exact) mass is 411 g/mol. The van der Waals surface area contributed by atoms with Crippen LogP contribution in [-0.4, -0.2) is 54.8 Å². The minimum atomic E-state index is 0. The standard InChI is InChI=1S/Ca.Mn.H2Se.Ti.W.2H/h;;1H2;;;;. The molecule has 0 bridgehead atoms. The Hall–Kier alpha value is 3.70. The normalized spacial score (nSPS) is 0. The molecule has 0 rings (SSSR count). The molecule has 0 nitrogen and oxygen atoms in total. The Bertz CT molecular complexity index is 11.6. The predicted octanol–water partition coefficient (Wildman–Crippen LogP) is -1.84. The van der Waals surface area contributed by atoms with Crippen molar-refractivity contribution in [3.05, 3.63) is 0 Å². The number of rotatable bonds is 0. The van der Waals surface area contributed by atoms with E-state index < -0.39 is 0 Å². The third kappa shape index (κ3) is 18.3. The molecular formula is H4CaMnSeTiW. The van der Waals surface area contributed by atoms with E-state index >= 15 is 0 Å². The van der Waals surface area contributed by atoms with Gasteiger partial charge in [0.1, 0.15) is 0 Å². The summed E-state index contributed by atoms with van der Waals surface area (Å²) in [5.41, 5.74) is 0. The van der Waals surface area contributed by atoms with E-state index in [1.54, 1.807) is 0 Å². The van der Waals surface area contributed by atoms with Crippen LogP contribution in [0.4, 0.5) is 0 Å². The van der Waals surface area contributed by atoms with E-state index in [1.165, 1.54) is 0 Å². The van der Waals surface area contributed by atoms with Crippen LogP contribution in [0.3, 0.4) is 0 Å². The summed E-state index contributed by atoms with van der Waals surface area (Å²) in [5, 5.41) is 0. The van der Waals surface area contributed by atoms with E-state index in [1.807, 2.05) is 0 Å². The van der Waals surface area contributed by atoms with Gasteiger partial charge in [0.2, 0.25) is 0 Å². The van der Waals surface area contributed by atoms with Gasteiger partial charge in [-0.05, 0) is 0 Å². The maximum atomic E-state index is 0. The van der Waals surface area contributed by atoms with Gasteiger partial charge in [0.25, 0.3) is 0 Å². The first-order chi connectivity index (χ1) is 0. The van der Waals surface area contributed by atoms with Crippen LogP contribution in [-0.2, 0) is 59.9 Å². The Labute approximate surface area is 112 Å². The first-order valence-corrected chi connectivity index (χ1v) is 0. The molecule has 5 heavy (non-hydrogen) atoms. The van der Waals surface area contributed by atoms with Crippen molar-refractivity contribution in [2.75, 3.05) is 0 Å². The molecule has 0 aliphatic rings. The molecule has 0 saturated heterocycles. The third-order valence-corrected chi connectivity index (χ3v) is 0. The molecule has 0 aliphatic carbocycles. The first-order valence-electron chi connectivity index (χ1n) is 0. The van der Waals surface area contributed by atoms with E-state index in [0.29, 0.717) is 0 Å². The molecule has 0 N–H and O–H groups in total. The molecule has 0 atom stereocenters. The smallest absolute Gasteiger partial charge is 0 e. The quantitative estimate of drug-likeness (QED) is 0.413. The Morgan fingerprint density at radius 3 is 1.00 bits per heavy atom. The second kappa shape index (κ2) is 25.2. The second-order valence-corrected chi connectivity index (χ2v) is 0. The molecule has 0 aromatic heterocycles. The molecule has 0 spiro atoms. The van der Waals surface area contributed by atoms with Crippen LogP contribution >= 0.6 is 0 Å². The average Bonchev–Trinajstić information content (AvgIpc) is 0. The van der Waals surface area contributed by atoms with Gasteiger partial charge in [-0.1, -0.05) is 0 Å². The summed E-state index contributed by atoms with van der Waals surface area (Å²) in [7, 11) is 0. The topological polar surface area (TPSA) is 0 Å². The summed E-state index contributed by atoms with van der Waals surface area (Å²) >= 11 is 0. The van der Waals surface area contributed by atoms with Crippen LogP contribution in [0.25, 0.3) is 0 Å². The van der Waals surface area contributed by atoms with Gasteiger partial charge < -0.3 is 0 Å². The SMILES string of the molecule is [CaH2].[Mn].[SeH2].[Ti].[W]. The minimum absolute atomic E-state index is 0. The molecule has 0 aliphatic heterocycles. The summed E-state index contributed by atoms with van der Waals surface area (Å²) in [5.74, 6) is 0. The van der Waals surface area contributed by atoms with Gasteiger partial charge in [-0.15, -0.1) is 0 Å². The summed E-state index contributed by atoms with van der Waals surface area (Å²) in [6.45, 7) is 0. The van der Waals surface area contributed by atoms with Crippen LogP contribution in [0.15, 0.2) is 0 Å². The van der Waals surface area contributed by atoms with Crippen molar-refractivity contribution in [1.29, 1.82) is 0 Å². The van der Waals surface area contributed by atoms with Gasteiger partial charge in [0.15, 0.2) is 0 Å². The van der Waals surface area contributed by atoms with Crippen molar-refractivity contribution in [1.82, 2.24) is 0 Å². The maximum absolute atomic E-state index is 0. The molecule has 0 aromatic carbocycles. The largest absolute Gasteiger partial charge is 0 e. The fourth-order valence-electron chi connectivity index (χ4n) is 0. The van der Waals surface area contributed by atoms with Gasteiger partial charge in [0.05, 0.1) is 0 Å². The molecule has 0 fully saturated rings. The molecule has 5 heteroatoms. The van der Waals surface area contributed by atoms with Crippen molar-refractivity contribution in [3.8, 4) is 0 Å². The van der Waals surface area contributed by atoms with Crippen molar-refractivity contribution in [3.63, 3.8) is 0 Å². The van der Waals surface area contributed by atoms with Crippen LogP contribution in [0.2, 0.25) is 0 Å². The van der Waals surface area contributed by atoms with Crippen LogP contribution < -0.4 is 0 Å². The Balaban J connectivity index is 0. The average molecular weight is 410 g/mol. The van der Waals surface area contributed by atoms with Crippen molar-refractivity contribution in [2.24, 2.45) is 0 Å². The molecule has 0 heterocycles. The first kappa shape index (κ1) is 37.7. The van der Waals surface area contributed by atoms with E-state index in [-0.39, 0.29) is 115 Å². The number of hydrogen-bond donors (Lipinski definition) is 0. The van der Waals surface area contributed by atoms with Gasteiger partial charge in [-0.25, -0.2) is 0 Å². The molecule has 0 unspecified atom stereocenters. The van der Waals surface area contributed by atoms with Gasteiger partial charge in [0, 0.05) is 59.9 Å². The Morgan fingerprint density at radius 2 is 1.00 bits per heavy atom. The summed E-state index contributed by atoms with van der Waals surface area (Å²) in [6.07, 6.45) is 0. The van der Waals surface area contributed by atoms with Crippen LogP contribution in [0, 0.1) is 0 Å². The van der Waals surface area contributed by atoms with E-state index in [9.17, 15) is 0 Å². The maximum Gasteiger partial charge on any atom is 0 e. The van der Waals surface area contributed by atoms with Crippen molar-refractivity contribution < 1.29 is 59.9 Å². The van der Waals surface area contributed by atoms with Gasteiger partial charge >= 0.3 is 54.8 Å². The molecule has 29 valence electrons. The number of hydrogen-bond acceptors (Lipinski definition) is 0. The van der Waals surface area contributed by atoms with Crippen LogP contribution in [0.5, 0.6) is 0 Å². The van der Waals surface area contributed by atoms with Crippen molar-refractivity contribution in [2.45, 2.75) is 0 Å². The molecule has 0 aromatic rings. The zero-order valence-corrected chi connectivity index (χ0v) is 9.56. The Morgan fingerprint density at radius 1 is 1.00 bits per heavy atom. The summed E-state index contributed by atoms with van der Waals surface area (Å²) in [6, 6.07) is 0. The van der Waals surface area contributed by atoms with E-state index in [4.69, 9.17) is 0 Å². The van der Waals surface area contributed by atoms with Gasteiger partial charge in [-0.3, -0.25) is 0 Å². The molecular weight excluding hydrogens is 406 g/mol. The van der Waals surface area contributed by atoms with E-state index in [2.05, 4.69) is 0 Å². The fourth-order valence-corrected chi connectivity index (χ4v) is 0. The predicted molar refractivity (Wildman–Crippen MR) is 17.1 cm³/mol. The van der Waals surface area contributed by atoms with E-state index in [0.717, 1.165) is 0 Å². The van der Waals surface area contributed by atoms with Gasteiger partial charge in [-0.2, -0.15) is 0 Å². The minimum Gasteiger partial charge on any atom is 0 e. The van der Waals surface area contributed by atoms with Crippen LogP contribution in [0.1, 0.15) is 0 Å². The fraction of sp³-hybridized carbons (Fsp3) is 0. The molecule has 1 radical (unpaired) electrons. The third-order valence-electron chi connectivity index (χ3n) is 0. The van der Waals surface area contributed by atoms with Crippen molar-refractivity contribution >= 4 is 54.8 Å². The second-order valence-electron chi connectivity index (χ2n) is 0. The Kier molecular flexibility index (Phi) is 190.